The molecule has 1 aromatic carbocycles. The molecule has 2 aliphatic rings. The molecule has 1 fully saturated rings. The zero-order valence-corrected chi connectivity index (χ0v) is 16.6. The normalized spacial score (nSPS) is 19.7. The number of carbonyl (C=O) groups excluding carboxylic acids is 2. The Morgan fingerprint density at radius 2 is 2.00 bits per heavy atom. The Hall–Kier alpha value is -2.28. The Morgan fingerprint density at radius 1 is 1.30 bits per heavy atom. The molecule has 3 rings (SSSR count). The second-order valence-electron chi connectivity index (χ2n) is 8.07. The maximum absolute atomic E-state index is 12.7. The van der Waals surface area contributed by atoms with E-state index in [9.17, 15) is 14.7 Å². The molecule has 0 bridgehead atoms. The van der Waals surface area contributed by atoms with Crippen LogP contribution in [0.5, 0.6) is 5.75 Å². The van der Waals surface area contributed by atoms with Gasteiger partial charge in [0.2, 0.25) is 5.91 Å². The molecule has 7 heteroatoms. The smallest absolute Gasteiger partial charge is 0.253 e. The molecule has 1 saturated carbocycles. The number of nitrogens with zero attached hydrogens (tertiary/aromatic N) is 3. The van der Waals surface area contributed by atoms with Crippen molar-refractivity contribution in [2.75, 3.05) is 52.8 Å². The van der Waals surface area contributed by atoms with E-state index in [1.54, 1.807) is 32.1 Å². The summed E-state index contributed by atoms with van der Waals surface area (Å²) in [5, 5.41) is 9.47. The highest BCUT2D eigenvalue weighted by molar-refractivity contribution is 5.95. The largest absolute Gasteiger partial charge is 0.489 e. The number of anilines is 1. The Bertz CT molecular complexity index is 730. The monoisotopic (exact) mass is 375 g/mol. The third kappa shape index (κ3) is 4.03. The van der Waals surface area contributed by atoms with E-state index in [4.69, 9.17) is 4.74 Å². The molecule has 0 saturated heterocycles. The van der Waals surface area contributed by atoms with Crippen LogP contribution in [-0.2, 0) is 4.79 Å². The van der Waals surface area contributed by atoms with Gasteiger partial charge in [-0.05, 0) is 31.0 Å². The van der Waals surface area contributed by atoms with Gasteiger partial charge >= 0.3 is 0 Å². The van der Waals surface area contributed by atoms with Gasteiger partial charge in [-0.1, -0.05) is 0 Å². The fourth-order valence-electron chi connectivity index (χ4n) is 3.49. The lowest BCUT2D eigenvalue weighted by atomic mass is 10.1. The maximum atomic E-state index is 12.7. The van der Waals surface area contributed by atoms with Crippen molar-refractivity contribution in [1.29, 1.82) is 0 Å². The molecular formula is C20H29N3O4. The molecule has 1 heterocycles. The summed E-state index contributed by atoms with van der Waals surface area (Å²) in [5.74, 6) is 0.698. The van der Waals surface area contributed by atoms with E-state index in [2.05, 4.69) is 0 Å². The molecule has 1 aliphatic carbocycles. The fraction of sp³-hybridized carbons (Fsp3) is 0.600. The number of amides is 2. The zero-order valence-electron chi connectivity index (χ0n) is 16.6. The first-order valence-corrected chi connectivity index (χ1v) is 9.32. The molecular weight excluding hydrogens is 346 g/mol. The minimum Gasteiger partial charge on any atom is -0.489 e. The number of hydrogen-bond donors (Lipinski definition) is 1. The average molecular weight is 375 g/mol. The standard InChI is InChI=1S/C20H29N3O4/c1-21(2)19(26)14-5-6-17-16(9-14)23(4)15(11-27-17)10-18(25)22(3)12-20(13-24)7-8-20/h5-6,9,15,24H,7-8,10-13H2,1-4H3/t15-/m0/s1. The van der Waals surface area contributed by atoms with Gasteiger partial charge in [-0.3, -0.25) is 9.59 Å². The highest BCUT2D eigenvalue weighted by atomic mass is 16.5. The van der Waals surface area contributed by atoms with Crippen molar-refractivity contribution in [2.45, 2.75) is 25.3 Å². The minimum atomic E-state index is -0.0959. The second kappa shape index (κ2) is 7.38. The van der Waals surface area contributed by atoms with Crippen LogP contribution in [0.2, 0.25) is 0 Å². The molecule has 0 unspecified atom stereocenters. The van der Waals surface area contributed by atoms with Crippen LogP contribution in [0.3, 0.4) is 0 Å². The van der Waals surface area contributed by atoms with Crippen molar-refractivity contribution in [3.05, 3.63) is 23.8 Å². The van der Waals surface area contributed by atoms with E-state index in [1.165, 1.54) is 4.90 Å². The predicted molar refractivity (Wildman–Crippen MR) is 103 cm³/mol. The molecule has 27 heavy (non-hydrogen) atoms. The van der Waals surface area contributed by atoms with Crippen molar-refractivity contribution < 1.29 is 19.4 Å². The van der Waals surface area contributed by atoms with Gasteiger partial charge in [0, 0.05) is 45.7 Å². The van der Waals surface area contributed by atoms with Crippen LogP contribution in [0.4, 0.5) is 5.69 Å². The average Bonchev–Trinajstić information content (AvgIpc) is 3.43. The third-order valence-corrected chi connectivity index (χ3v) is 5.67. The van der Waals surface area contributed by atoms with Crippen molar-refractivity contribution in [1.82, 2.24) is 9.80 Å². The first kappa shape index (κ1) is 19.5. The topological polar surface area (TPSA) is 73.3 Å². The molecule has 148 valence electrons. The van der Waals surface area contributed by atoms with Crippen LogP contribution in [0.15, 0.2) is 18.2 Å². The number of rotatable bonds is 6. The summed E-state index contributed by atoms with van der Waals surface area (Å²) >= 11 is 0. The molecule has 1 aliphatic heterocycles. The molecule has 7 nitrogen and oxygen atoms in total. The van der Waals surface area contributed by atoms with Gasteiger partial charge in [-0.15, -0.1) is 0 Å². The maximum Gasteiger partial charge on any atom is 0.253 e. The number of likely N-dealkylation sites (N-methyl/N-ethyl adjacent to an activating group) is 1. The highest BCUT2D eigenvalue weighted by Crippen LogP contribution is 2.45. The summed E-state index contributed by atoms with van der Waals surface area (Å²) in [6.07, 6.45) is 2.28. The summed E-state index contributed by atoms with van der Waals surface area (Å²) in [6, 6.07) is 5.30. The summed E-state index contributed by atoms with van der Waals surface area (Å²) in [5.41, 5.74) is 1.33. The lowest BCUT2D eigenvalue weighted by Crippen LogP contribution is -2.45. The minimum absolute atomic E-state index is 0.0409. The van der Waals surface area contributed by atoms with E-state index in [1.807, 2.05) is 24.1 Å². The zero-order chi connectivity index (χ0) is 19.8. The van der Waals surface area contributed by atoms with E-state index in [-0.39, 0.29) is 29.9 Å². The van der Waals surface area contributed by atoms with Gasteiger partial charge in [0.1, 0.15) is 12.4 Å². The lowest BCUT2D eigenvalue weighted by Gasteiger charge is -2.36. The number of carbonyl (C=O) groups is 2. The Morgan fingerprint density at radius 3 is 2.59 bits per heavy atom. The number of aliphatic hydroxyl groups excluding tert-OH is 1. The number of benzene rings is 1. The second-order valence-corrected chi connectivity index (χ2v) is 8.07. The third-order valence-electron chi connectivity index (χ3n) is 5.67. The molecule has 0 radical (unpaired) electrons. The van der Waals surface area contributed by atoms with Crippen molar-refractivity contribution in [3.8, 4) is 5.75 Å². The lowest BCUT2D eigenvalue weighted by molar-refractivity contribution is -0.131. The number of aliphatic hydroxyl groups is 1. The number of fused-ring (bicyclic) bond motifs is 1. The van der Waals surface area contributed by atoms with E-state index >= 15 is 0 Å². The van der Waals surface area contributed by atoms with Crippen LogP contribution in [0.25, 0.3) is 0 Å². The molecule has 2 amide bonds. The Kier molecular flexibility index (Phi) is 5.33. The van der Waals surface area contributed by atoms with Gasteiger partial charge in [-0.25, -0.2) is 0 Å². The Labute approximate surface area is 160 Å². The van der Waals surface area contributed by atoms with Crippen molar-refractivity contribution in [3.63, 3.8) is 0 Å². The van der Waals surface area contributed by atoms with Gasteiger partial charge in [0.05, 0.1) is 24.8 Å². The van der Waals surface area contributed by atoms with Crippen LogP contribution >= 0.6 is 0 Å². The quantitative estimate of drug-likeness (QED) is 0.809. The van der Waals surface area contributed by atoms with E-state index in [0.717, 1.165) is 24.3 Å². The van der Waals surface area contributed by atoms with Gasteiger partial charge < -0.3 is 24.5 Å². The molecule has 0 aromatic heterocycles. The van der Waals surface area contributed by atoms with Crippen LogP contribution in [0.1, 0.15) is 29.6 Å². The van der Waals surface area contributed by atoms with Crippen LogP contribution in [-0.4, -0.2) is 80.7 Å². The SMILES string of the molecule is CN(C)C(=O)c1ccc2c(c1)N(C)[C@@H](CC(=O)N(C)CC1(CO)CC1)CO2. The van der Waals surface area contributed by atoms with Crippen molar-refractivity contribution in [2.24, 2.45) is 5.41 Å². The number of ether oxygens (including phenoxy) is 1. The molecule has 1 N–H and O–H groups in total. The summed E-state index contributed by atoms with van der Waals surface area (Å²) < 4.78 is 5.84. The highest BCUT2D eigenvalue weighted by Gasteiger charge is 2.43. The summed E-state index contributed by atoms with van der Waals surface area (Å²) in [7, 11) is 7.17. The molecule has 1 atom stereocenters. The summed E-state index contributed by atoms with van der Waals surface area (Å²) in [6.45, 7) is 1.15. The number of hydrogen-bond acceptors (Lipinski definition) is 5. The van der Waals surface area contributed by atoms with Crippen LogP contribution < -0.4 is 9.64 Å². The molecule has 0 spiro atoms. The predicted octanol–water partition coefficient (Wildman–Crippen LogP) is 1.21. The van der Waals surface area contributed by atoms with Gasteiger partial charge in [0.15, 0.2) is 0 Å². The van der Waals surface area contributed by atoms with Crippen molar-refractivity contribution >= 4 is 17.5 Å². The Balaban J connectivity index is 1.68. The van der Waals surface area contributed by atoms with Gasteiger partial charge in [0.25, 0.3) is 5.91 Å². The van der Waals surface area contributed by atoms with Gasteiger partial charge in [-0.2, -0.15) is 0 Å². The first-order valence-electron chi connectivity index (χ1n) is 9.32. The van der Waals surface area contributed by atoms with Crippen LogP contribution in [0, 0.1) is 5.41 Å². The van der Waals surface area contributed by atoms with E-state index in [0.29, 0.717) is 25.1 Å². The fourth-order valence-corrected chi connectivity index (χ4v) is 3.49. The molecule has 1 aromatic rings. The summed E-state index contributed by atoms with van der Waals surface area (Å²) in [4.78, 5) is 30.2. The first-order chi connectivity index (χ1) is 12.8. The van der Waals surface area contributed by atoms with E-state index < -0.39 is 0 Å².